The van der Waals surface area contributed by atoms with Gasteiger partial charge in [-0.1, -0.05) is 54.2 Å². The second-order valence-electron chi connectivity index (χ2n) is 6.59. The number of halogens is 1. The summed E-state index contributed by atoms with van der Waals surface area (Å²) in [7, 11) is 0. The molecular formula is C22H15ClN4O5S. The summed E-state index contributed by atoms with van der Waals surface area (Å²) in [4.78, 5) is 56.6. The molecule has 0 aliphatic carbocycles. The van der Waals surface area contributed by atoms with Gasteiger partial charge < -0.3 is 9.72 Å². The number of aromatic amines is 1. The molecule has 3 aromatic rings. The highest BCUT2D eigenvalue weighted by Crippen LogP contribution is 2.23. The van der Waals surface area contributed by atoms with Crippen LogP contribution in [0.15, 0.2) is 64.5 Å². The summed E-state index contributed by atoms with van der Waals surface area (Å²) in [6, 6.07) is 16.9. The van der Waals surface area contributed by atoms with E-state index in [4.69, 9.17) is 4.74 Å². The van der Waals surface area contributed by atoms with Crippen LogP contribution in [0.2, 0.25) is 0 Å². The van der Waals surface area contributed by atoms with Gasteiger partial charge in [-0.05, 0) is 12.1 Å². The maximum atomic E-state index is 12.3. The van der Waals surface area contributed by atoms with Crippen molar-refractivity contribution in [1.82, 2.24) is 14.9 Å². The van der Waals surface area contributed by atoms with Crippen molar-refractivity contribution in [2.24, 2.45) is 0 Å². The molecule has 0 fully saturated rings. The van der Waals surface area contributed by atoms with Crippen molar-refractivity contribution in [2.75, 3.05) is 12.5 Å². The van der Waals surface area contributed by atoms with Crippen molar-refractivity contribution < 1.29 is 19.1 Å². The lowest BCUT2D eigenvalue weighted by Crippen LogP contribution is -2.33. The van der Waals surface area contributed by atoms with Crippen molar-refractivity contribution >= 4 is 42.0 Å². The molecule has 1 aromatic heterocycles. The SMILES string of the molecule is Cl.N#Cc1c(-c2ccccc2)nc(SCC(=O)OCN2C(=O)c3ccccc3C2=O)[nH]c1=O. The number of imide groups is 1. The zero-order valence-corrected chi connectivity index (χ0v) is 18.4. The van der Waals surface area contributed by atoms with Crippen LogP contribution in [-0.4, -0.2) is 45.1 Å². The van der Waals surface area contributed by atoms with Crippen LogP contribution in [0.25, 0.3) is 11.3 Å². The van der Waals surface area contributed by atoms with E-state index in [-0.39, 0.29) is 45.7 Å². The molecule has 0 spiro atoms. The summed E-state index contributed by atoms with van der Waals surface area (Å²) < 4.78 is 5.06. The van der Waals surface area contributed by atoms with E-state index in [9.17, 15) is 24.4 Å². The second-order valence-corrected chi connectivity index (χ2v) is 7.55. The van der Waals surface area contributed by atoms with Crippen LogP contribution in [0.5, 0.6) is 0 Å². The first-order valence-corrected chi connectivity index (χ1v) is 10.3. The number of fused-ring (bicyclic) bond motifs is 1. The van der Waals surface area contributed by atoms with E-state index < -0.39 is 30.1 Å². The number of H-pyrrole nitrogens is 1. The number of nitrogens with zero attached hydrogens (tertiary/aromatic N) is 3. The van der Waals surface area contributed by atoms with Crippen molar-refractivity contribution in [3.05, 3.63) is 81.6 Å². The van der Waals surface area contributed by atoms with Gasteiger partial charge in [0.1, 0.15) is 11.6 Å². The van der Waals surface area contributed by atoms with E-state index in [2.05, 4.69) is 9.97 Å². The molecular weight excluding hydrogens is 468 g/mol. The number of nitriles is 1. The molecule has 1 aliphatic rings. The van der Waals surface area contributed by atoms with Crippen LogP contribution in [0, 0.1) is 11.3 Å². The average molecular weight is 483 g/mol. The van der Waals surface area contributed by atoms with Gasteiger partial charge in [0.2, 0.25) is 0 Å². The molecule has 4 rings (SSSR count). The Kier molecular flexibility index (Phi) is 7.27. The van der Waals surface area contributed by atoms with Crippen LogP contribution in [-0.2, 0) is 9.53 Å². The van der Waals surface area contributed by atoms with Crippen molar-refractivity contribution in [1.29, 1.82) is 5.26 Å². The zero-order valence-electron chi connectivity index (χ0n) is 16.8. The molecule has 9 nitrogen and oxygen atoms in total. The first kappa shape index (κ1) is 23.7. The Morgan fingerprint density at radius 2 is 1.64 bits per heavy atom. The summed E-state index contributed by atoms with van der Waals surface area (Å²) >= 11 is 0.903. The van der Waals surface area contributed by atoms with Gasteiger partial charge in [-0.3, -0.25) is 19.2 Å². The predicted octanol–water partition coefficient (Wildman–Crippen LogP) is 2.62. The van der Waals surface area contributed by atoms with Crippen LogP contribution in [0.3, 0.4) is 0 Å². The predicted molar refractivity (Wildman–Crippen MR) is 121 cm³/mol. The van der Waals surface area contributed by atoms with E-state index in [0.717, 1.165) is 16.7 Å². The summed E-state index contributed by atoms with van der Waals surface area (Å²) in [6.07, 6.45) is 0. The van der Waals surface area contributed by atoms with E-state index >= 15 is 0 Å². The summed E-state index contributed by atoms with van der Waals surface area (Å²) in [5, 5.41) is 9.43. The van der Waals surface area contributed by atoms with Crippen molar-refractivity contribution in [2.45, 2.75) is 5.16 Å². The number of esters is 1. The maximum absolute atomic E-state index is 12.3. The zero-order chi connectivity index (χ0) is 22.7. The molecule has 0 atom stereocenters. The number of hydrogen-bond acceptors (Lipinski definition) is 8. The normalized spacial score (nSPS) is 12.0. The maximum Gasteiger partial charge on any atom is 0.318 e. The molecule has 1 N–H and O–H groups in total. The number of rotatable bonds is 6. The number of ether oxygens (including phenoxy) is 1. The Labute approximate surface area is 197 Å². The minimum Gasteiger partial charge on any atom is -0.443 e. The van der Waals surface area contributed by atoms with Gasteiger partial charge in [-0.25, -0.2) is 9.88 Å². The molecule has 11 heteroatoms. The van der Waals surface area contributed by atoms with E-state index in [1.165, 1.54) is 12.1 Å². The first-order valence-electron chi connectivity index (χ1n) is 9.33. The minimum atomic E-state index is -0.708. The van der Waals surface area contributed by atoms with Crippen LogP contribution in [0.1, 0.15) is 26.3 Å². The third-order valence-corrected chi connectivity index (χ3v) is 5.46. The number of aromatic nitrogens is 2. The van der Waals surface area contributed by atoms with Crippen LogP contribution in [0.4, 0.5) is 0 Å². The number of benzene rings is 2. The van der Waals surface area contributed by atoms with Crippen molar-refractivity contribution in [3.63, 3.8) is 0 Å². The topological polar surface area (TPSA) is 133 Å². The van der Waals surface area contributed by atoms with Crippen LogP contribution >= 0.6 is 24.2 Å². The van der Waals surface area contributed by atoms with Crippen molar-refractivity contribution in [3.8, 4) is 17.3 Å². The fraction of sp³-hybridized carbons (Fsp3) is 0.0909. The molecule has 0 saturated heterocycles. The number of carbonyl (C=O) groups is 3. The molecule has 1 aliphatic heterocycles. The van der Waals surface area contributed by atoms with Gasteiger partial charge in [-0.2, -0.15) is 5.26 Å². The van der Waals surface area contributed by atoms with Gasteiger partial charge in [0.15, 0.2) is 11.9 Å². The smallest absolute Gasteiger partial charge is 0.318 e. The minimum absolute atomic E-state index is 0. The molecule has 0 radical (unpaired) electrons. The monoisotopic (exact) mass is 482 g/mol. The lowest BCUT2D eigenvalue weighted by molar-refractivity contribution is -0.142. The molecule has 2 aromatic carbocycles. The van der Waals surface area contributed by atoms with E-state index in [1.807, 2.05) is 6.07 Å². The molecule has 166 valence electrons. The fourth-order valence-electron chi connectivity index (χ4n) is 3.09. The fourth-order valence-corrected chi connectivity index (χ4v) is 3.75. The number of nitrogens with one attached hydrogen (secondary N) is 1. The van der Waals surface area contributed by atoms with Gasteiger partial charge in [-0.15, -0.1) is 12.4 Å². The summed E-state index contributed by atoms with van der Waals surface area (Å²) in [5.74, 6) is -2.00. The van der Waals surface area contributed by atoms with Gasteiger partial charge in [0, 0.05) is 5.56 Å². The van der Waals surface area contributed by atoms with Gasteiger partial charge in [0.05, 0.1) is 22.6 Å². The lowest BCUT2D eigenvalue weighted by Gasteiger charge is -2.13. The number of amides is 2. The molecule has 0 unspecified atom stereocenters. The Bertz CT molecular complexity index is 1300. The Hall–Kier alpha value is -3.94. The first-order chi connectivity index (χ1) is 15.5. The van der Waals surface area contributed by atoms with Gasteiger partial charge in [0.25, 0.3) is 17.4 Å². The highest BCUT2D eigenvalue weighted by molar-refractivity contribution is 7.99. The summed E-state index contributed by atoms with van der Waals surface area (Å²) in [6.45, 7) is -0.516. The third kappa shape index (κ3) is 4.79. The van der Waals surface area contributed by atoms with Crippen LogP contribution < -0.4 is 5.56 Å². The number of carbonyl (C=O) groups excluding carboxylic acids is 3. The third-order valence-electron chi connectivity index (χ3n) is 4.62. The number of hydrogen-bond donors (Lipinski definition) is 1. The van der Waals surface area contributed by atoms with E-state index in [1.54, 1.807) is 42.5 Å². The Morgan fingerprint density at radius 1 is 1.03 bits per heavy atom. The highest BCUT2D eigenvalue weighted by Gasteiger charge is 2.35. The molecule has 33 heavy (non-hydrogen) atoms. The quantitative estimate of drug-likeness (QED) is 0.245. The Balaban J connectivity index is 0.00000306. The molecule has 2 heterocycles. The standard InChI is InChI=1S/C22H14N4O5S.ClH/c23-10-16-18(13-6-2-1-3-7-13)24-22(25-19(16)28)32-11-17(27)31-12-26-20(29)14-8-4-5-9-15(14)21(26)30;/h1-9H,11-12H2,(H,24,25,28);1H. The highest BCUT2D eigenvalue weighted by atomic mass is 35.5. The number of thioether (sulfide) groups is 1. The van der Waals surface area contributed by atoms with E-state index in [0.29, 0.717) is 5.56 Å². The summed E-state index contributed by atoms with van der Waals surface area (Å²) in [5.41, 5.74) is 0.562. The Morgan fingerprint density at radius 3 is 2.24 bits per heavy atom. The van der Waals surface area contributed by atoms with Gasteiger partial charge >= 0.3 is 5.97 Å². The largest absolute Gasteiger partial charge is 0.443 e. The second kappa shape index (κ2) is 10.1. The molecule has 0 saturated carbocycles. The average Bonchev–Trinajstić information content (AvgIpc) is 3.06. The lowest BCUT2D eigenvalue weighted by atomic mass is 10.1. The molecule has 0 bridgehead atoms. The molecule has 2 amide bonds.